The first kappa shape index (κ1) is 9.71. The second-order valence-electron chi connectivity index (χ2n) is 3.31. The molecule has 0 aliphatic heterocycles. The molecule has 0 N–H and O–H groups in total. The Labute approximate surface area is 105 Å². The normalized spacial score (nSPS) is 10.8. The maximum atomic E-state index is 4.44. The summed E-state index contributed by atoms with van der Waals surface area (Å²) in [7, 11) is 0. The second kappa shape index (κ2) is 3.82. The molecule has 4 nitrogen and oxygen atoms in total. The Balaban J connectivity index is 2.26. The van der Waals surface area contributed by atoms with Gasteiger partial charge in [-0.25, -0.2) is 9.50 Å². The molecule has 78 valence electrons. The molecule has 0 spiro atoms. The van der Waals surface area contributed by atoms with E-state index in [9.17, 15) is 0 Å². The van der Waals surface area contributed by atoms with Crippen molar-refractivity contribution < 1.29 is 0 Å². The number of pyridine rings is 2. The molecule has 0 radical (unpaired) electrons. The molecule has 3 aromatic rings. The molecule has 3 aromatic heterocycles. The van der Waals surface area contributed by atoms with Crippen LogP contribution in [0.4, 0.5) is 0 Å². The van der Waals surface area contributed by atoms with E-state index in [-0.39, 0.29) is 0 Å². The maximum Gasteiger partial charge on any atom is 0.139 e. The molecule has 16 heavy (non-hydrogen) atoms. The van der Waals surface area contributed by atoms with Crippen molar-refractivity contribution in [2.45, 2.75) is 0 Å². The average Bonchev–Trinajstić information content (AvgIpc) is 2.72. The van der Waals surface area contributed by atoms with Crippen LogP contribution in [0.3, 0.4) is 0 Å². The Morgan fingerprint density at radius 2 is 2.00 bits per heavy atom. The van der Waals surface area contributed by atoms with Gasteiger partial charge >= 0.3 is 0 Å². The molecular formula is C11H7IN4. The molecule has 3 heterocycles. The van der Waals surface area contributed by atoms with Gasteiger partial charge in [0.1, 0.15) is 9.39 Å². The van der Waals surface area contributed by atoms with Gasteiger partial charge in [-0.2, -0.15) is 0 Å². The Hall–Kier alpha value is -1.50. The number of nitrogens with zero attached hydrogens (tertiary/aromatic N) is 4. The van der Waals surface area contributed by atoms with Crippen LogP contribution in [0.15, 0.2) is 42.6 Å². The topological polar surface area (TPSA) is 43.1 Å². The van der Waals surface area contributed by atoms with Crippen LogP contribution in [0.5, 0.6) is 0 Å². The zero-order valence-corrected chi connectivity index (χ0v) is 10.4. The summed E-state index contributed by atoms with van der Waals surface area (Å²) in [6.45, 7) is 0. The van der Waals surface area contributed by atoms with Gasteiger partial charge in [-0.1, -0.05) is 17.3 Å². The van der Waals surface area contributed by atoms with E-state index in [1.165, 1.54) is 0 Å². The lowest BCUT2D eigenvalue weighted by molar-refractivity contribution is 0.856. The number of aromatic nitrogens is 4. The van der Waals surface area contributed by atoms with Gasteiger partial charge in [0.05, 0.1) is 11.2 Å². The molecule has 0 amide bonds. The highest BCUT2D eigenvalue weighted by Crippen LogP contribution is 2.20. The lowest BCUT2D eigenvalue weighted by Gasteiger charge is -1.97. The van der Waals surface area contributed by atoms with Gasteiger partial charge in [0.2, 0.25) is 0 Å². The van der Waals surface area contributed by atoms with E-state index < -0.39 is 0 Å². The van der Waals surface area contributed by atoms with E-state index in [4.69, 9.17) is 0 Å². The van der Waals surface area contributed by atoms with Crippen molar-refractivity contribution in [2.75, 3.05) is 0 Å². The summed E-state index contributed by atoms with van der Waals surface area (Å²) >= 11 is 2.19. The van der Waals surface area contributed by atoms with Crippen LogP contribution in [0.25, 0.3) is 16.9 Å². The summed E-state index contributed by atoms with van der Waals surface area (Å²) in [5.41, 5.74) is 2.64. The van der Waals surface area contributed by atoms with Crippen molar-refractivity contribution in [2.24, 2.45) is 0 Å². The Kier molecular flexibility index (Phi) is 2.32. The number of halogens is 1. The molecule has 0 bridgehead atoms. The van der Waals surface area contributed by atoms with Gasteiger partial charge in [-0.15, -0.1) is 5.10 Å². The standard InChI is InChI=1S/C11H7IN4/c12-10-6-3-4-8(13-10)11-9-5-1-2-7-16(9)15-14-11/h1-7H. The van der Waals surface area contributed by atoms with Gasteiger partial charge in [-0.05, 0) is 46.9 Å². The van der Waals surface area contributed by atoms with E-state index >= 15 is 0 Å². The molecule has 0 atom stereocenters. The van der Waals surface area contributed by atoms with Crippen molar-refractivity contribution in [1.82, 2.24) is 19.8 Å². The summed E-state index contributed by atoms with van der Waals surface area (Å²) in [5, 5.41) is 8.20. The van der Waals surface area contributed by atoms with Crippen LogP contribution in [0.1, 0.15) is 0 Å². The van der Waals surface area contributed by atoms with E-state index in [0.29, 0.717) is 0 Å². The third kappa shape index (κ3) is 1.57. The highest BCUT2D eigenvalue weighted by molar-refractivity contribution is 14.1. The number of fused-ring (bicyclic) bond motifs is 1. The summed E-state index contributed by atoms with van der Waals surface area (Å²) in [6.07, 6.45) is 1.87. The van der Waals surface area contributed by atoms with Crippen molar-refractivity contribution in [1.29, 1.82) is 0 Å². The molecule has 0 saturated heterocycles. The maximum absolute atomic E-state index is 4.44. The minimum absolute atomic E-state index is 0.819. The fraction of sp³-hybridized carbons (Fsp3) is 0. The van der Waals surface area contributed by atoms with E-state index in [2.05, 4.69) is 37.9 Å². The predicted octanol–water partition coefficient (Wildman–Crippen LogP) is 2.40. The summed E-state index contributed by atoms with van der Waals surface area (Å²) in [5.74, 6) is 0. The van der Waals surface area contributed by atoms with E-state index in [1.54, 1.807) is 4.52 Å². The Morgan fingerprint density at radius 1 is 1.06 bits per heavy atom. The molecule has 0 fully saturated rings. The van der Waals surface area contributed by atoms with Gasteiger partial charge in [0.25, 0.3) is 0 Å². The molecule has 3 rings (SSSR count). The van der Waals surface area contributed by atoms with E-state index in [0.717, 1.165) is 20.6 Å². The molecule has 0 aliphatic rings. The molecule has 5 heteroatoms. The highest BCUT2D eigenvalue weighted by atomic mass is 127. The number of hydrogen-bond donors (Lipinski definition) is 0. The summed E-state index contributed by atoms with van der Waals surface area (Å²) in [4.78, 5) is 4.44. The second-order valence-corrected chi connectivity index (χ2v) is 4.42. The van der Waals surface area contributed by atoms with Crippen molar-refractivity contribution in [3.8, 4) is 11.4 Å². The minimum atomic E-state index is 0.819. The Morgan fingerprint density at radius 3 is 2.88 bits per heavy atom. The smallest absolute Gasteiger partial charge is 0.139 e. The quantitative estimate of drug-likeness (QED) is 0.510. The predicted molar refractivity (Wildman–Crippen MR) is 68.9 cm³/mol. The van der Waals surface area contributed by atoms with Crippen LogP contribution in [0.2, 0.25) is 0 Å². The van der Waals surface area contributed by atoms with E-state index in [1.807, 2.05) is 42.6 Å². The fourth-order valence-electron chi connectivity index (χ4n) is 1.57. The van der Waals surface area contributed by atoms with Gasteiger partial charge < -0.3 is 0 Å². The van der Waals surface area contributed by atoms with Crippen molar-refractivity contribution >= 4 is 28.1 Å². The largest absolute Gasteiger partial charge is 0.240 e. The lowest BCUT2D eigenvalue weighted by Crippen LogP contribution is -1.87. The van der Waals surface area contributed by atoms with Gasteiger partial charge in [0, 0.05) is 6.20 Å². The third-order valence-corrected chi connectivity index (χ3v) is 2.88. The third-order valence-electron chi connectivity index (χ3n) is 2.28. The molecular weight excluding hydrogens is 315 g/mol. The monoisotopic (exact) mass is 322 g/mol. The zero-order chi connectivity index (χ0) is 11.0. The Bertz CT molecular complexity index is 647. The molecule has 0 aromatic carbocycles. The molecule has 0 unspecified atom stereocenters. The van der Waals surface area contributed by atoms with Crippen LogP contribution in [0, 0.1) is 3.70 Å². The lowest BCUT2D eigenvalue weighted by atomic mass is 10.2. The van der Waals surface area contributed by atoms with Crippen LogP contribution in [-0.2, 0) is 0 Å². The van der Waals surface area contributed by atoms with Crippen LogP contribution in [-0.4, -0.2) is 19.8 Å². The number of hydrogen-bond acceptors (Lipinski definition) is 3. The first-order valence-electron chi connectivity index (χ1n) is 4.77. The van der Waals surface area contributed by atoms with Gasteiger partial charge in [-0.3, -0.25) is 0 Å². The van der Waals surface area contributed by atoms with Crippen LogP contribution < -0.4 is 0 Å². The summed E-state index contributed by atoms with van der Waals surface area (Å²) in [6, 6.07) is 11.7. The summed E-state index contributed by atoms with van der Waals surface area (Å²) < 4.78 is 2.70. The van der Waals surface area contributed by atoms with Crippen molar-refractivity contribution in [3.63, 3.8) is 0 Å². The highest BCUT2D eigenvalue weighted by Gasteiger charge is 2.08. The zero-order valence-electron chi connectivity index (χ0n) is 8.21. The van der Waals surface area contributed by atoms with Gasteiger partial charge in [0.15, 0.2) is 0 Å². The molecule has 0 aliphatic carbocycles. The number of rotatable bonds is 1. The molecule has 0 saturated carbocycles. The fourth-order valence-corrected chi connectivity index (χ4v) is 2.03. The SMILES string of the molecule is Ic1cccc(-c2nnn3ccccc23)n1. The first-order valence-corrected chi connectivity index (χ1v) is 5.85. The first-order chi connectivity index (χ1) is 7.84. The van der Waals surface area contributed by atoms with Crippen LogP contribution >= 0.6 is 22.6 Å². The van der Waals surface area contributed by atoms with Crippen molar-refractivity contribution in [3.05, 3.63) is 46.3 Å². The average molecular weight is 322 g/mol. The minimum Gasteiger partial charge on any atom is -0.240 e.